The molecular formula is C18H23NO2. The third-order valence-corrected chi connectivity index (χ3v) is 4.18. The zero-order chi connectivity index (χ0) is 15.2. The molecule has 1 N–H and O–H groups in total. The first-order valence-corrected chi connectivity index (χ1v) is 7.62. The molecule has 0 saturated heterocycles. The fourth-order valence-corrected chi connectivity index (χ4v) is 3.31. The van der Waals surface area contributed by atoms with Crippen molar-refractivity contribution in [3.8, 4) is 0 Å². The number of allylic oxidation sites excluding steroid dienone is 2. The van der Waals surface area contributed by atoms with E-state index < -0.39 is 5.60 Å². The number of benzene rings is 1. The minimum atomic E-state index is -0.451. The highest BCUT2D eigenvalue weighted by Crippen LogP contribution is 2.45. The molecule has 3 nitrogen and oxygen atoms in total. The molecule has 0 aromatic heterocycles. The largest absolute Gasteiger partial charge is 0.458 e. The van der Waals surface area contributed by atoms with Crippen molar-refractivity contribution in [2.24, 2.45) is 5.92 Å². The molecule has 0 unspecified atom stereocenters. The van der Waals surface area contributed by atoms with Gasteiger partial charge in [0.1, 0.15) is 11.6 Å². The van der Waals surface area contributed by atoms with E-state index in [9.17, 15) is 4.79 Å². The summed E-state index contributed by atoms with van der Waals surface area (Å²) in [6.45, 7) is 7.84. The van der Waals surface area contributed by atoms with Crippen LogP contribution in [0.1, 0.15) is 44.2 Å². The molecule has 0 bridgehead atoms. The Labute approximate surface area is 126 Å². The van der Waals surface area contributed by atoms with Gasteiger partial charge in [0.25, 0.3) is 0 Å². The van der Waals surface area contributed by atoms with Crippen LogP contribution in [0.15, 0.2) is 30.4 Å². The van der Waals surface area contributed by atoms with Crippen LogP contribution in [0.5, 0.6) is 0 Å². The van der Waals surface area contributed by atoms with Gasteiger partial charge in [-0.05, 0) is 45.7 Å². The van der Waals surface area contributed by atoms with E-state index in [1.807, 2.05) is 20.8 Å². The Balaban J connectivity index is 1.92. The molecule has 1 aromatic rings. The van der Waals surface area contributed by atoms with Crippen LogP contribution >= 0.6 is 0 Å². The van der Waals surface area contributed by atoms with Gasteiger partial charge in [0.15, 0.2) is 0 Å². The lowest BCUT2D eigenvalue weighted by molar-refractivity contribution is -0.157. The first kappa shape index (κ1) is 14.2. The number of nitrogens with one attached hydrogen (secondary N) is 1. The van der Waals surface area contributed by atoms with Gasteiger partial charge in [0.2, 0.25) is 0 Å². The molecule has 1 heterocycles. The summed E-state index contributed by atoms with van der Waals surface area (Å²) in [5.74, 6) is 0.431. The van der Waals surface area contributed by atoms with Gasteiger partial charge < -0.3 is 10.1 Å². The zero-order valence-electron chi connectivity index (χ0n) is 13.1. The van der Waals surface area contributed by atoms with Crippen molar-refractivity contribution < 1.29 is 9.53 Å². The number of carbonyl (C=O) groups excluding carboxylic acids is 1. The monoisotopic (exact) mass is 285 g/mol. The van der Waals surface area contributed by atoms with Crippen LogP contribution in [0.3, 0.4) is 0 Å². The highest BCUT2D eigenvalue weighted by atomic mass is 16.6. The van der Waals surface area contributed by atoms with Gasteiger partial charge in [-0.25, -0.2) is 4.79 Å². The minimum Gasteiger partial charge on any atom is -0.458 e. The maximum Gasteiger partial charge on any atom is 0.329 e. The Morgan fingerprint density at radius 2 is 2.10 bits per heavy atom. The molecule has 0 amide bonds. The van der Waals surface area contributed by atoms with Gasteiger partial charge >= 0.3 is 5.97 Å². The molecule has 0 radical (unpaired) electrons. The first-order chi connectivity index (χ1) is 9.85. The molecule has 1 aromatic carbocycles. The Bertz CT molecular complexity index is 598. The molecular weight excluding hydrogens is 262 g/mol. The van der Waals surface area contributed by atoms with Crippen molar-refractivity contribution in [1.82, 2.24) is 0 Å². The standard InChI is InChI=1S/C18H23NO2/c1-11-8-9-15-14(10-11)12-6-5-7-13(12)16(19-15)17(20)21-18(2,3)4/h5-6,8-10,12-13,16,19H,7H2,1-4H3/t12-,13+,16-/m1/s1. The van der Waals surface area contributed by atoms with E-state index in [1.165, 1.54) is 11.1 Å². The predicted octanol–water partition coefficient (Wildman–Crippen LogP) is 3.79. The van der Waals surface area contributed by atoms with Crippen molar-refractivity contribution in [2.45, 2.75) is 51.7 Å². The summed E-state index contributed by atoms with van der Waals surface area (Å²) in [5, 5.41) is 3.40. The van der Waals surface area contributed by atoms with Gasteiger partial charge in [-0.1, -0.05) is 29.8 Å². The van der Waals surface area contributed by atoms with Gasteiger partial charge in [0.05, 0.1) is 0 Å². The van der Waals surface area contributed by atoms with Crippen LogP contribution in [0, 0.1) is 12.8 Å². The minimum absolute atomic E-state index is 0.146. The highest BCUT2D eigenvalue weighted by Gasteiger charge is 2.42. The van der Waals surface area contributed by atoms with Crippen molar-refractivity contribution in [2.75, 3.05) is 5.32 Å². The summed E-state index contributed by atoms with van der Waals surface area (Å²) in [6.07, 6.45) is 5.35. The molecule has 3 heteroatoms. The Morgan fingerprint density at radius 3 is 2.81 bits per heavy atom. The number of ether oxygens (including phenoxy) is 1. The van der Waals surface area contributed by atoms with Crippen LogP contribution in [0.25, 0.3) is 0 Å². The number of anilines is 1. The quantitative estimate of drug-likeness (QED) is 0.630. The lowest BCUT2D eigenvalue weighted by Gasteiger charge is -2.37. The SMILES string of the molecule is Cc1ccc2c(c1)[C@@H]1C=CC[C@@H]1[C@H](C(=O)OC(C)(C)C)N2. The summed E-state index contributed by atoms with van der Waals surface area (Å²) in [5.41, 5.74) is 3.16. The molecule has 0 saturated carbocycles. The highest BCUT2D eigenvalue weighted by molar-refractivity contribution is 5.82. The van der Waals surface area contributed by atoms with E-state index in [0.717, 1.165) is 12.1 Å². The normalized spacial score (nSPS) is 26.8. The molecule has 3 atom stereocenters. The first-order valence-electron chi connectivity index (χ1n) is 7.62. The number of hydrogen-bond acceptors (Lipinski definition) is 3. The predicted molar refractivity (Wildman–Crippen MR) is 84.4 cm³/mol. The molecule has 112 valence electrons. The topological polar surface area (TPSA) is 38.3 Å². The molecule has 1 aliphatic carbocycles. The number of carbonyl (C=O) groups is 1. The Morgan fingerprint density at radius 1 is 1.33 bits per heavy atom. The molecule has 0 fully saturated rings. The maximum absolute atomic E-state index is 12.5. The van der Waals surface area contributed by atoms with Gasteiger partial charge in [-0.3, -0.25) is 0 Å². The third kappa shape index (κ3) is 2.69. The van der Waals surface area contributed by atoms with E-state index in [1.54, 1.807) is 0 Å². The molecule has 1 aliphatic heterocycles. The van der Waals surface area contributed by atoms with Crippen LogP contribution in [-0.4, -0.2) is 17.6 Å². The smallest absolute Gasteiger partial charge is 0.329 e. The van der Waals surface area contributed by atoms with Gasteiger partial charge in [-0.2, -0.15) is 0 Å². The Hall–Kier alpha value is -1.77. The second kappa shape index (κ2) is 4.90. The van der Waals surface area contributed by atoms with Crippen LogP contribution in [0.4, 0.5) is 5.69 Å². The molecule has 21 heavy (non-hydrogen) atoms. The summed E-state index contributed by atoms with van der Waals surface area (Å²) in [7, 11) is 0. The zero-order valence-corrected chi connectivity index (χ0v) is 13.1. The molecule has 0 spiro atoms. The summed E-state index contributed by atoms with van der Waals surface area (Å²) in [6, 6.07) is 6.11. The number of fused-ring (bicyclic) bond motifs is 3. The lowest BCUT2D eigenvalue weighted by Crippen LogP contribution is -2.45. The fraction of sp³-hybridized carbons (Fsp3) is 0.500. The molecule has 3 rings (SSSR count). The number of esters is 1. The average molecular weight is 285 g/mol. The number of hydrogen-bond donors (Lipinski definition) is 1. The second-order valence-corrected chi connectivity index (χ2v) is 7.10. The maximum atomic E-state index is 12.5. The Kier molecular flexibility index (Phi) is 3.31. The van der Waals surface area contributed by atoms with Crippen LogP contribution in [0.2, 0.25) is 0 Å². The molecule has 2 aliphatic rings. The van der Waals surface area contributed by atoms with E-state index in [0.29, 0.717) is 5.92 Å². The van der Waals surface area contributed by atoms with Crippen molar-refractivity contribution in [1.29, 1.82) is 0 Å². The van der Waals surface area contributed by atoms with Crippen molar-refractivity contribution in [3.05, 3.63) is 41.5 Å². The summed E-state index contributed by atoms with van der Waals surface area (Å²) >= 11 is 0. The average Bonchev–Trinajstić information content (AvgIpc) is 2.85. The van der Waals surface area contributed by atoms with Gasteiger partial charge in [-0.15, -0.1) is 0 Å². The van der Waals surface area contributed by atoms with Crippen LogP contribution in [-0.2, 0) is 9.53 Å². The van der Waals surface area contributed by atoms with Crippen molar-refractivity contribution in [3.63, 3.8) is 0 Å². The van der Waals surface area contributed by atoms with Gasteiger partial charge in [0, 0.05) is 17.5 Å². The second-order valence-electron chi connectivity index (χ2n) is 7.10. The van der Waals surface area contributed by atoms with E-state index in [-0.39, 0.29) is 17.9 Å². The van der Waals surface area contributed by atoms with E-state index in [4.69, 9.17) is 4.74 Å². The summed E-state index contributed by atoms with van der Waals surface area (Å²) in [4.78, 5) is 12.5. The number of rotatable bonds is 1. The third-order valence-electron chi connectivity index (χ3n) is 4.18. The van der Waals surface area contributed by atoms with E-state index >= 15 is 0 Å². The van der Waals surface area contributed by atoms with Crippen LogP contribution < -0.4 is 5.32 Å². The number of aryl methyl sites for hydroxylation is 1. The van der Waals surface area contributed by atoms with Crippen molar-refractivity contribution >= 4 is 11.7 Å². The lowest BCUT2D eigenvalue weighted by atomic mass is 9.79. The summed E-state index contributed by atoms with van der Waals surface area (Å²) < 4.78 is 5.59. The fourth-order valence-electron chi connectivity index (χ4n) is 3.31. The van der Waals surface area contributed by atoms with E-state index in [2.05, 4.69) is 42.6 Å².